The largest absolute Gasteiger partial charge is 0.507 e. The summed E-state index contributed by atoms with van der Waals surface area (Å²) in [6.07, 6.45) is 7.40. The van der Waals surface area contributed by atoms with Gasteiger partial charge in [-0.05, 0) is 118 Å². The van der Waals surface area contributed by atoms with E-state index in [2.05, 4.69) is 22.5 Å². The number of aromatic hydroxyl groups is 1. The Morgan fingerprint density at radius 1 is 1.04 bits per heavy atom. The number of phenols is 1. The number of amides is 2. The second-order valence-corrected chi connectivity index (χ2v) is 11.7. The SMILES string of the molecule is CC(=O)Nc1cc(NC(=O)/C=C/c2ccc(N=C(N)N)cc2)ccc1OCCCCC1(C)CCc2c(C)c(O)c(C)c(C)c2O1. The van der Waals surface area contributed by atoms with Gasteiger partial charge < -0.3 is 36.7 Å². The number of rotatable bonds is 11. The Bertz CT molecular complexity index is 1630. The van der Waals surface area contributed by atoms with Crippen LogP contribution in [-0.4, -0.2) is 35.1 Å². The van der Waals surface area contributed by atoms with Crippen molar-refractivity contribution in [2.75, 3.05) is 17.2 Å². The number of guanidine groups is 1. The highest BCUT2D eigenvalue weighted by Gasteiger charge is 2.34. The Morgan fingerprint density at radius 3 is 2.47 bits per heavy atom. The Morgan fingerprint density at radius 2 is 1.78 bits per heavy atom. The maximum Gasteiger partial charge on any atom is 0.248 e. The van der Waals surface area contributed by atoms with E-state index < -0.39 is 0 Å². The third-order valence-corrected chi connectivity index (χ3v) is 8.09. The van der Waals surface area contributed by atoms with Gasteiger partial charge in [0, 0.05) is 24.3 Å². The number of ether oxygens (including phenoxy) is 2. The van der Waals surface area contributed by atoms with Gasteiger partial charge in [-0.15, -0.1) is 0 Å². The first kappa shape index (κ1) is 32.9. The predicted octanol–water partition coefficient (Wildman–Crippen LogP) is 6.17. The summed E-state index contributed by atoms with van der Waals surface area (Å²) in [6.45, 7) is 9.92. The summed E-state index contributed by atoms with van der Waals surface area (Å²) < 4.78 is 12.6. The molecule has 0 radical (unpaired) electrons. The third kappa shape index (κ3) is 8.56. The lowest BCUT2D eigenvalue weighted by Gasteiger charge is -2.38. The summed E-state index contributed by atoms with van der Waals surface area (Å²) >= 11 is 0. The molecular weight excluding hydrogens is 570 g/mol. The number of hydrogen-bond acceptors (Lipinski definition) is 6. The van der Waals surface area contributed by atoms with Gasteiger partial charge >= 0.3 is 0 Å². The zero-order valence-corrected chi connectivity index (χ0v) is 26.6. The summed E-state index contributed by atoms with van der Waals surface area (Å²) in [6, 6.07) is 12.2. The number of unbranched alkanes of at least 4 members (excludes halogenated alkanes) is 1. The summed E-state index contributed by atoms with van der Waals surface area (Å²) in [7, 11) is 0. The smallest absolute Gasteiger partial charge is 0.248 e. The Kier molecular flexibility index (Phi) is 10.4. The summed E-state index contributed by atoms with van der Waals surface area (Å²) in [5.74, 6) is 1.20. The maximum atomic E-state index is 12.6. The van der Waals surface area contributed by atoms with Gasteiger partial charge in [-0.3, -0.25) is 9.59 Å². The van der Waals surface area contributed by atoms with Crippen LogP contribution in [0.3, 0.4) is 0 Å². The van der Waals surface area contributed by atoms with Crippen LogP contribution >= 0.6 is 0 Å². The van der Waals surface area contributed by atoms with E-state index in [1.165, 1.54) is 13.0 Å². The molecule has 1 heterocycles. The molecule has 0 spiro atoms. The van der Waals surface area contributed by atoms with Gasteiger partial charge in [-0.2, -0.15) is 0 Å². The molecule has 3 aromatic carbocycles. The Hall–Kier alpha value is -4.99. The molecule has 0 bridgehead atoms. The number of benzene rings is 3. The van der Waals surface area contributed by atoms with Crippen LogP contribution in [-0.2, 0) is 16.0 Å². The van der Waals surface area contributed by atoms with E-state index in [1.807, 2.05) is 20.8 Å². The van der Waals surface area contributed by atoms with Crippen LogP contribution in [0.25, 0.3) is 6.08 Å². The van der Waals surface area contributed by atoms with Crippen molar-refractivity contribution in [3.05, 3.63) is 76.4 Å². The van der Waals surface area contributed by atoms with Crippen molar-refractivity contribution in [3.63, 3.8) is 0 Å². The fourth-order valence-corrected chi connectivity index (χ4v) is 5.44. The first-order valence-corrected chi connectivity index (χ1v) is 15.1. The van der Waals surface area contributed by atoms with Crippen molar-refractivity contribution >= 4 is 40.9 Å². The zero-order valence-electron chi connectivity index (χ0n) is 26.6. The van der Waals surface area contributed by atoms with Crippen molar-refractivity contribution in [1.82, 2.24) is 0 Å². The number of nitrogens with zero attached hydrogens (tertiary/aromatic N) is 1. The van der Waals surface area contributed by atoms with E-state index in [-0.39, 0.29) is 23.4 Å². The number of nitrogens with one attached hydrogen (secondary N) is 2. The van der Waals surface area contributed by atoms with E-state index in [0.717, 1.165) is 65.7 Å². The van der Waals surface area contributed by atoms with E-state index in [1.54, 1.807) is 48.5 Å². The lowest BCUT2D eigenvalue weighted by atomic mass is 9.85. The monoisotopic (exact) mass is 613 g/mol. The molecule has 0 saturated carbocycles. The molecule has 238 valence electrons. The molecule has 4 rings (SSSR count). The van der Waals surface area contributed by atoms with Crippen molar-refractivity contribution in [1.29, 1.82) is 0 Å². The minimum atomic E-state index is -0.330. The number of fused-ring (bicyclic) bond motifs is 1. The molecule has 3 aromatic rings. The van der Waals surface area contributed by atoms with Gasteiger partial charge in [0.2, 0.25) is 11.8 Å². The second kappa shape index (κ2) is 14.2. The molecule has 45 heavy (non-hydrogen) atoms. The van der Waals surface area contributed by atoms with Crippen molar-refractivity contribution < 1.29 is 24.2 Å². The van der Waals surface area contributed by atoms with Crippen LogP contribution in [0.4, 0.5) is 17.1 Å². The first-order chi connectivity index (χ1) is 21.3. The molecule has 10 heteroatoms. The highest BCUT2D eigenvalue weighted by Crippen LogP contribution is 2.44. The average Bonchev–Trinajstić information content (AvgIpc) is 2.99. The molecule has 1 aliphatic heterocycles. The summed E-state index contributed by atoms with van der Waals surface area (Å²) in [4.78, 5) is 28.4. The Labute approximate surface area is 264 Å². The molecule has 0 aliphatic carbocycles. The first-order valence-electron chi connectivity index (χ1n) is 15.1. The number of nitrogens with two attached hydrogens (primary N) is 2. The number of aliphatic imine (C=N–C) groups is 1. The van der Waals surface area contributed by atoms with E-state index >= 15 is 0 Å². The molecule has 0 fully saturated rings. The van der Waals surface area contributed by atoms with E-state index in [4.69, 9.17) is 20.9 Å². The van der Waals surface area contributed by atoms with Crippen molar-refractivity contribution in [3.8, 4) is 17.2 Å². The second-order valence-electron chi connectivity index (χ2n) is 11.7. The van der Waals surface area contributed by atoms with E-state index in [0.29, 0.717) is 35.2 Å². The number of phenolic OH excluding ortho intramolecular Hbond substituents is 1. The minimum absolute atomic E-state index is 0.0255. The highest BCUT2D eigenvalue weighted by atomic mass is 16.5. The molecule has 1 atom stereocenters. The van der Waals surface area contributed by atoms with E-state index in [9.17, 15) is 14.7 Å². The van der Waals surface area contributed by atoms with Gasteiger partial charge in [0.15, 0.2) is 5.96 Å². The molecule has 1 aliphatic rings. The number of carbonyl (C=O) groups excluding carboxylic acids is 2. The topological polar surface area (TPSA) is 161 Å². The molecule has 0 saturated heterocycles. The minimum Gasteiger partial charge on any atom is -0.507 e. The molecule has 1 unspecified atom stereocenters. The van der Waals surface area contributed by atoms with Crippen LogP contribution in [0.15, 0.2) is 53.5 Å². The van der Waals surface area contributed by atoms with Crippen LogP contribution < -0.4 is 31.6 Å². The average molecular weight is 614 g/mol. The number of anilines is 2. The van der Waals surface area contributed by atoms with Crippen LogP contribution in [0.2, 0.25) is 0 Å². The molecule has 10 nitrogen and oxygen atoms in total. The van der Waals surface area contributed by atoms with Crippen molar-refractivity contribution in [2.24, 2.45) is 16.5 Å². The van der Waals surface area contributed by atoms with Gasteiger partial charge in [0.25, 0.3) is 0 Å². The Balaban J connectivity index is 1.31. The number of carbonyl (C=O) groups is 2. The summed E-state index contributed by atoms with van der Waals surface area (Å²) in [5, 5.41) is 16.1. The highest BCUT2D eigenvalue weighted by molar-refractivity contribution is 6.02. The van der Waals surface area contributed by atoms with Crippen LogP contribution in [0.1, 0.15) is 67.3 Å². The molecular formula is C35H43N5O5. The number of hydrogen-bond donors (Lipinski definition) is 5. The van der Waals surface area contributed by atoms with Gasteiger partial charge in [-0.1, -0.05) is 12.1 Å². The predicted molar refractivity (Wildman–Crippen MR) is 179 cm³/mol. The third-order valence-electron chi connectivity index (χ3n) is 8.09. The fraction of sp³-hybridized carbons (Fsp3) is 0.343. The summed E-state index contributed by atoms with van der Waals surface area (Å²) in [5.41, 5.74) is 16.8. The lowest BCUT2D eigenvalue weighted by molar-refractivity contribution is -0.114. The molecule has 2 amide bonds. The van der Waals surface area contributed by atoms with Gasteiger partial charge in [0.1, 0.15) is 22.8 Å². The van der Waals surface area contributed by atoms with Gasteiger partial charge in [0.05, 0.1) is 18.0 Å². The normalized spacial score (nSPS) is 15.6. The molecule has 7 N–H and O–H groups in total. The van der Waals surface area contributed by atoms with Crippen LogP contribution in [0, 0.1) is 20.8 Å². The maximum absolute atomic E-state index is 12.6. The molecule has 0 aromatic heterocycles. The zero-order chi connectivity index (χ0) is 32.7. The standard InChI is InChI=1S/C35H43N5O5/c1-21-22(2)33-28(23(3)32(21)43)16-18-35(5,45-33)17-6-7-19-44-30-14-13-27(20-29(30)38-24(4)41)39-31(42)15-10-25-8-11-26(12-9-25)40-34(36)37/h8-15,20,43H,6-7,16-19H2,1-5H3,(H,38,41)(H,39,42)(H4,36,37,40)/b15-10+. The fourth-order valence-electron chi connectivity index (χ4n) is 5.44. The van der Waals surface area contributed by atoms with Crippen molar-refractivity contribution in [2.45, 2.75) is 72.3 Å². The quantitative estimate of drug-likeness (QED) is 0.0748. The van der Waals surface area contributed by atoms with Gasteiger partial charge in [-0.25, -0.2) is 4.99 Å². The van der Waals surface area contributed by atoms with Crippen LogP contribution in [0.5, 0.6) is 17.2 Å². The lowest BCUT2D eigenvalue weighted by Crippen LogP contribution is -2.37.